The summed E-state index contributed by atoms with van der Waals surface area (Å²) in [6, 6.07) is 5.81. The molecule has 2 aromatic rings. The molecule has 8 heteroatoms. The minimum absolute atomic E-state index is 0.0106. The highest BCUT2D eigenvalue weighted by molar-refractivity contribution is 5.91. The van der Waals surface area contributed by atoms with Crippen LogP contribution in [-0.2, 0) is 11.2 Å². The fraction of sp³-hybridized carbons (Fsp3) is 0.381. The molecule has 0 spiro atoms. The molecule has 1 amide bonds. The van der Waals surface area contributed by atoms with E-state index in [-0.39, 0.29) is 18.3 Å². The normalized spacial score (nSPS) is 20.6. The second-order valence-corrected chi connectivity index (χ2v) is 7.38. The van der Waals surface area contributed by atoms with Gasteiger partial charge in [-0.2, -0.15) is 0 Å². The molecule has 5 nitrogen and oxygen atoms in total. The van der Waals surface area contributed by atoms with Gasteiger partial charge in [-0.25, -0.2) is 13.2 Å². The first-order valence-electron chi connectivity index (χ1n) is 9.64. The maximum atomic E-state index is 13.8. The molecule has 29 heavy (non-hydrogen) atoms. The predicted molar refractivity (Wildman–Crippen MR) is 99.8 cm³/mol. The summed E-state index contributed by atoms with van der Waals surface area (Å²) in [6.45, 7) is 4.02. The number of ether oxygens (including phenoxy) is 2. The van der Waals surface area contributed by atoms with Crippen molar-refractivity contribution in [3.63, 3.8) is 0 Å². The van der Waals surface area contributed by atoms with Gasteiger partial charge in [0.1, 0.15) is 6.04 Å². The lowest BCUT2D eigenvalue weighted by Gasteiger charge is -2.32. The molecule has 2 heterocycles. The standard InChI is InChI=1S/C21H21F3N2O3/c1-12-14-10-18-17(28-7-2-8-29-18)9-13(14)5-6-26(12)11-19(27)25-16-4-3-15(22)20(23)21(16)24/h3-4,9-10,12H,2,5-8,11H2,1H3,(H,25,27)/p+1/t12-/m0/s1. The highest BCUT2D eigenvalue weighted by Gasteiger charge is 2.31. The summed E-state index contributed by atoms with van der Waals surface area (Å²) in [5.41, 5.74) is 1.88. The van der Waals surface area contributed by atoms with Gasteiger partial charge in [0.25, 0.3) is 5.91 Å². The van der Waals surface area contributed by atoms with Gasteiger partial charge in [0, 0.05) is 18.4 Å². The average Bonchev–Trinajstić information content (AvgIpc) is 2.94. The van der Waals surface area contributed by atoms with Crippen molar-refractivity contribution in [1.29, 1.82) is 0 Å². The van der Waals surface area contributed by atoms with Crippen molar-refractivity contribution >= 4 is 11.6 Å². The Bertz CT molecular complexity index is 951. The number of benzene rings is 2. The van der Waals surface area contributed by atoms with E-state index >= 15 is 0 Å². The molecular formula is C21H22F3N2O3+. The molecule has 0 fully saturated rings. The van der Waals surface area contributed by atoms with Crippen molar-refractivity contribution in [3.8, 4) is 11.5 Å². The van der Waals surface area contributed by atoms with Crippen LogP contribution >= 0.6 is 0 Å². The average molecular weight is 407 g/mol. The predicted octanol–water partition coefficient (Wildman–Crippen LogP) is 2.41. The Morgan fingerprint density at radius 1 is 1.14 bits per heavy atom. The summed E-state index contributed by atoms with van der Waals surface area (Å²) in [4.78, 5) is 13.4. The third kappa shape index (κ3) is 3.89. The lowest BCUT2D eigenvalue weighted by atomic mass is 9.93. The van der Waals surface area contributed by atoms with Crippen LogP contribution in [0.3, 0.4) is 0 Å². The van der Waals surface area contributed by atoms with Gasteiger partial charge in [0.2, 0.25) is 0 Å². The lowest BCUT2D eigenvalue weighted by molar-refractivity contribution is -0.924. The Labute approximate surface area is 166 Å². The number of hydrogen-bond acceptors (Lipinski definition) is 3. The summed E-state index contributed by atoms with van der Waals surface area (Å²) in [6.07, 6.45) is 1.59. The molecule has 0 saturated carbocycles. The van der Waals surface area contributed by atoms with E-state index in [0.717, 1.165) is 46.8 Å². The van der Waals surface area contributed by atoms with Crippen LogP contribution in [0.5, 0.6) is 11.5 Å². The van der Waals surface area contributed by atoms with E-state index in [0.29, 0.717) is 25.5 Å². The fourth-order valence-electron chi connectivity index (χ4n) is 3.88. The molecule has 2 N–H and O–H groups in total. The smallest absolute Gasteiger partial charge is 0.279 e. The molecule has 0 saturated heterocycles. The molecule has 2 atom stereocenters. The summed E-state index contributed by atoms with van der Waals surface area (Å²) in [5, 5.41) is 2.34. The summed E-state index contributed by atoms with van der Waals surface area (Å²) >= 11 is 0. The van der Waals surface area contributed by atoms with Crippen LogP contribution in [0.15, 0.2) is 24.3 Å². The number of halogens is 3. The number of amides is 1. The molecule has 154 valence electrons. The second kappa shape index (κ2) is 7.94. The summed E-state index contributed by atoms with van der Waals surface area (Å²) in [5.74, 6) is -3.29. The minimum atomic E-state index is -1.60. The first-order valence-corrected chi connectivity index (χ1v) is 9.64. The topological polar surface area (TPSA) is 52.0 Å². The van der Waals surface area contributed by atoms with Crippen molar-refractivity contribution in [3.05, 3.63) is 52.8 Å². The van der Waals surface area contributed by atoms with E-state index < -0.39 is 23.4 Å². The van der Waals surface area contributed by atoms with E-state index in [1.54, 1.807) is 0 Å². The van der Waals surface area contributed by atoms with E-state index in [1.165, 1.54) is 0 Å². The van der Waals surface area contributed by atoms with E-state index in [9.17, 15) is 18.0 Å². The van der Waals surface area contributed by atoms with Crippen LogP contribution in [0, 0.1) is 17.5 Å². The van der Waals surface area contributed by atoms with Crippen molar-refractivity contribution < 1.29 is 32.3 Å². The Hall–Kier alpha value is -2.74. The van der Waals surface area contributed by atoms with Crippen LogP contribution in [0.4, 0.5) is 18.9 Å². The number of nitrogens with one attached hydrogen (secondary N) is 2. The molecule has 2 aliphatic heterocycles. The van der Waals surface area contributed by atoms with Gasteiger partial charge in [-0.1, -0.05) is 0 Å². The third-order valence-electron chi connectivity index (χ3n) is 5.50. The van der Waals surface area contributed by atoms with Crippen molar-refractivity contribution in [2.24, 2.45) is 0 Å². The molecule has 1 unspecified atom stereocenters. The number of carbonyl (C=O) groups is 1. The SMILES string of the molecule is C[C@H]1c2cc3c(cc2CC[NH+]1CC(=O)Nc1ccc(F)c(F)c1F)OCCCO3. The number of hydrogen-bond donors (Lipinski definition) is 2. The number of quaternary nitrogens is 1. The van der Waals surface area contributed by atoms with E-state index in [4.69, 9.17) is 9.47 Å². The first-order chi connectivity index (χ1) is 13.9. The molecule has 0 bridgehead atoms. The Kier molecular flexibility index (Phi) is 5.36. The monoisotopic (exact) mass is 407 g/mol. The number of anilines is 1. The zero-order chi connectivity index (χ0) is 20.5. The second-order valence-electron chi connectivity index (χ2n) is 7.38. The van der Waals surface area contributed by atoms with Crippen LogP contribution < -0.4 is 19.7 Å². The Morgan fingerprint density at radius 3 is 2.62 bits per heavy atom. The number of rotatable bonds is 3. The third-order valence-corrected chi connectivity index (χ3v) is 5.50. The van der Waals surface area contributed by atoms with Gasteiger partial charge in [0.15, 0.2) is 35.5 Å². The van der Waals surface area contributed by atoms with Crippen LogP contribution in [0.1, 0.15) is 30.5 Å². The van der Waals surface area contributed by atoms with Crippen molar-refractivity contribution in [2.75, 3.05) is 31.6 Å². The van der Waals surface area contributed by atoms with Crippen molar-refractivity contribution in [2.45, 2.75) is 25.8 Å². The van der Waals surface area contributed by atoms with E-state index in [2.05, 4.69) is 5.32 Å². The fourth-order valence-corrected chi connectivity index (χ4v) is 3.88. The summed E-state index contributed by atoms with van der Waals surface area (Å²) in [7, 11) is 0. The van der Waals surface area contributed by atoms with Gasteiger partial charge in [0.05, 0.1) is 25.4 Å². The highest BCUT2D eigenvalue weighted by atomic mass is 19.2. The largest absolute Gasteiger partial charge is 0.490 e. The molecule has 2 aromatic carbocycles. The van der Waals surface area contributed by atoms with Gasteiger partial charge < -0.3 is 19.7 Å². The number of fused-ring (bicyclic) bond motifs is 2. The Balaban J connectivity index is 1.48. The number of carbonyl (C=O) groups excluding carboxylic acids is 1. The van der Waals surface area contributed by atoms with Crippen LogP contribution in [-0.4, -0.2) is 32.2 Å². The maximum absolute atomic E-state index is 13.8. The highest BCUT2D eigenvalue weighted by Crippen LogP contribution is 2.35. The minimum Gasteiger partial charge on any atom is -0.490 e. The Morgan fingerprint density at radius 2 is 1.86 bits per heavy atom. The molecule has 4 rings (SSSR count). The molecule has 0 aliphatic carbocycles. The molecule has 0 aromatic heterocycles. The zero-order valence-electron chi connectivity index (χ0n) is 16.0. The molecule has 2 aliphatic rings. The summed E-state index contributed by atoms with van der Waals surface area (Å²) < 4.78 is 51.7. The zero-order valence-corrected chi connectivity index (χ0v) is 16.0. The lowest BCUT2D eigenvalue weighted by Crippen LogP contribution is -3.14. The molecule has 0 radical (unpaired) electrons. The van der Waals surface area contributed by atoms with Crippen LogP contribution in [0.2, 0.25) is 0 Å². The van der Waals surface area contributed by atoms with E-state index in [1.807, 2.05) is 19.1 Å². The van der Waals surface area contributed by atoms with Gasteiger partial charge in [-0.15, -0.1) is 0 Å². The van der Waals surface area contributed by atoms with Gasteiger partial charge >= 0.3 is 0 Å². The quantitative estimate of drug-likeness (QED) is 0.769. The molecular weight excluding hydrogens is 385 g/mol. The first kappa shape index (κ1) is 19.6. The van der Waals surface area contributed by atoms with Crippen molar-refractivity contribution in [1.82, 2.24) is 0 Å². The van der Waals surface area contributed by atoms with Gasteiger partial charge in [-0.3, -0.25) is 4.79 Å². The maximum Gasteiger partial charge on any atom is 0.279 e. The van der Waals surface area contributed by atoms with Gasteiger partial charge in [-0.05, 0) is 36.8 Å². The van der Waals surface area contributed by atoms with Crippen LogP contribution in [0.25, 0.3) is 0 Å².